The summed E-state index contributed by atoms with van der Waals surface area (Å²) < 4.78 is 0. The Balaban J connectivity index is 2.17. The standard InChI is InChI=1S/C10H14N6/c1-6-3-4-8(11)9(5-6)12-7(2)10-13-15-16-14-10/h3-5,7,12H,11H2,1-2H3,(H,13,14,15,16). The Bertz CT molecular complexity index is 464. The molecule has 2 aromatic rings. The van der Waals surface area contributed by atoms with Gasteiger partial charge in [0.1, 0.15) is 0 Å². The lowest BCUT2D eigenvalue weighted by Crippen LogP contribution is -2.10. The number of hydrogen-bond acceptors (Lipinski definition) is 5. The van der Waals surface area contributed by atoms with Crippen LogP contribution in [0.4, 0.5) is 11.4 Å². The highest BCUT2D eigenvalue weighted by Gasteiger charge is 2.11. The summed E-state index contributed by atoms with van der Waals surface area (Å²) in [7, 11) is 0. The van der Waals surface area contributed by atoms with Crippen molar-refractivity contribution >= 4 is 11.4 Å². The summed E-state index contributed by atoms with van der Waals surface area (Å²) in [6, 6.07) is 5.80. The predicted octanol–water partition coefficient (Wildman–Crippen LogP) is 1.26. The van der Waals surface area contributed by atoms with Crippen molar-refractivity contribution in [2.45, 2.75) is 19.9 Å². The van der Waals surface area contributed by atoms with Gasteiger partial charge in [0, 0.05) is 0 Å². The average molecular weight is 218 g/mol. The number of nitrogens with one attached hydrogen (secondary N) is 2. The Morgan fingerprint density at radius 3 is 2.94 bits per heavy atom. The van der Waals surface area contributed by atoms with E-state index in [9.17, 15) is 0 Å². The Kier molecular flexibility index (Phi) is 2.72. The molecule has 0 radical (unpaired) electrons. The first-order chi connectivity index (χ1) is 7.66. The van der Waals surface area contributed by atoms with Crippen LogP contribution >= 0.6 is 0 Å². The fraction of sp³-hybridized carbons (Fsp3) is 0.300. The second-order valence-electron chi connectivity index (χ2n) is 3.73. The van der Waals surface area contributed by atoms with Crippen molar-refractivity contribution in [3.05, 3.63) is 29.6 Å². The van der Waals surface area contributed by atoms with Gasteiger partial charge in [-0.05, 0) is 31.5 Å². The summed E-state index contributed by atoms with van der Waals surface area (Å²) in [4.78, 5) is 0. The molecule has 1 aromatic heterocycles. The van der Waals surface area contributed by atoms with E-state index in [2.05, 4.69) is 25.9 Å². The van der Waals surface area contributed by atoms with Gasteiger partial charge < -0.3 is 11.1 Å². The van der Waals surface area contributed by atoms with Crippen LogP contribution in [0.25, 0.3) is 0 Å². The van der Waals surface area contributed by atoms with E-state index in [1.807, 2.05) is 32.0 Å². The number of nitrogens with two attached hydrogens (primary N) is 1. The lowest BCUT2D eigenvalue weighted by Gasteiger charge is -2.14. The molecular formula is C10H14N6. The maximum absolute atomic E-state index is 5.86. The number of aryl methyl sites for hydroxylation is 1. The molecule has 0 amide bonds. The smallest absolute Gasteiger partial charge is 0.196 e. The summed E-state index contributed by atoms with van der Waals surface area (Å²) in [5.74, 6) is 0.612. The lowest BCUT2D eigenvalue weighted by molar-refractivity contribution is 0.794. The zero-order valence-electron chi connectivity index (χ0n) is 9.23. The van der Waals surface area contributed by atoms with Crippen molar-refractivity contribution in [3.63, 3.8) is 0 Å². The summed E-state index contributed by atoms with van der Waals surface area (Å²) in [6.07, 6.45) is 0. The summed E-state index contributed by atoms with van der Waals surface area (Å²) in [5.41, 5.74) is 8.61. The van der Waals surface area contributed by atoms with Gasteiger partial charge in [0.15, 0.2) is 5.82 Å². The molecule has 1 atom stereocenters. The number of tetrazole rings is 1. The molecule has 84 valence electrons. The lowest BCUT2D eigenvalue weighted by atomic mass is 10.2. The molecular weight excluding hydrogens is 204 g/mol. The minimum absolute atomic E-state index is 0.0390. The first kappa shape index (κ1) is 10.4. The minimum atomic E-state index is -0.0390. The highest BCUT2D eigenvalue weighted by Crippen LogP contribution is 2.23. The molecule has 1 heterocycles. The van der Waals surface area contributed by atoms with E-state index in [4.69, 9.17) is 5.73 Å². The number of hydrogen-bond donors (Lipinski definition) is 3. The molecule has 0 bridgehead atoms. The van der Waals surface area contributed by atoms with Crippen LogP contribution in [-0.2, 0) is 0 Å². The largest absolute Gasteiger partial charge is 0.397 e. The van der Waals surface area contributed by atoms with Crippen LogP contribution in [0.2, 0.25) is 0 Å². The van der Waals surface area contributed by atoms with Gasteiger partial charge in [-0.2, -0.15) is 5.21 Å². The van der Waals surface area contributed by atoms with Gasteiger partial charge >= 0.3 is 0 Å². The molecule has 0 fully saturated rings. The van der Waals surface area contributed by atoms with Crippen molar-refractivity contribution in [1.29, 1.82) is 0 Å². The van der Waals surface area contributed by atoms with Crippen LogP contribution in [0, 0.1) is 6.92 Å². The molecule has 0 aliphatic carbocycles. The number of anilines is 2. The van der Waals surface area contributed by atoms with E-state index >= 15 is 0 Å². The van der Waals surface area contributed by atoms with E-state index in [-0.39, 0.29) is 6.04 Å². The third-order valence-corrected chi connectivity index (χ3v) is 2.33. The summed E-state index contributed by atoms with van der Waals surface area (Å²) in [6.45, 7) is 3.97. The third kappa shape index (κ3) is 2.10. The van der Waals surface area contributed by atoms with Gasteiger partial charge in [-0.1, -0.05) is 11.3 Å². The third-order valence-electron chi connectivity index (χ3n) is 2.33. The maximum atomic E-state index is 5.86. The number of aromatic nitrogens is 4. The molecule has 1 unspecified atom stereocenters. The van der Waals surface area contributed by atoms with Crippen molar-refractivity contribution in [3.8, 4) is 0 Å². The van der Waals surface area contributed by atoms with Crippen LogP contribution in [-0.4, -0.2) is 20.6 Å². The quantitative estimate of drug-likeness (QED) is 0.674. The summed E-state index contributed by atoms with van der Waals surface area (Å²) >= 11 is 0. The van der Waals surface area contributed by atoms with Crippen LogP contribution in [0.5, 0.6) is 0 Å². The maximum Gasteiger partial charge on any atom is 0.196 e. The van der Waals surface area contributed by atoms with Gasteiger partial charge in [0.2, 0.25) is 0 Å². The van der Waals surface area contributed by atoms with E-state index in [1.54, 1.807) is 0 Å². The molecule has 6 heteroatoms. The molecule has 16 heavy (non-hydrogen) atoms. The van der Waals surface area contributed by atoms with Crippen LogP contribution in [0.1, 0.15) is 24.4 Å². The second kappa shape index (κ2) is 4.18. The molecule has 6 nitrogen and oxygen atoms in total. The van der Waals surface area contributed by atoms with Gasteiger partial charge in [0.25, 0.3) is 0 Å². The Morgan fingerprint density at radius 1 is 1.44 bits per heavy atom. The van der Waals surface area contributed by atoms with Crippen molar-refractivity contribution in [2.24, 2.45) is 0 Å². The highest BCUT2D eigenvalue weighted by atomic mass is 15.5. The predicted molar refractivity (Wildman–Crippen MR) is 61.8 cm³/mol. The number of nitrogen functional groups attached to an aromatic ring is 1. The normalized spacial score (nSPS) is 12.4. The number of benzene rings is 1. The Hall–Kier alpha value is -2.11. The van der Waals surface area contributed by atoms with Crippen LogP contribution < -0.4 is 11.1 Å². The Labute approximate surface area is 93.2 Å². The fourth-order valence-corrected chi connectivity index (χ4v) is 1.45. The van der Waals surface area contributed by atoms with Crippen molar-refractivity contribution in [1.82, 2.24) is 20.6 Å². The fourth-order valence-electron chi connectivity index (χ4n) is 1.45. The molecule has 0 saturated carbocycles. The minimum Gasteiger partial charge on any atom is -0.397 e. The number of nitrogens with zero attached hydrogens (tertiary/aromatic N) is 3. The average Bonchev–Trinajstić information content (AvgIpc) is 2.76. The molecule has 0 saturated heterocycles. The zero-order valence-corrected chi connectivity index (χ0v) is 9.23. The molecule has 2 rings (SSSR count). The van der Waals surface area contributed by atoms with E-state index in [1.165, 1.54) is 0 Å². The number of H-pyrrole nitrogens is 1. The highest BCUT2D eigenvalue weighted by molar-refractivity contribution is 5.67. The topological polar surface area (TPSA) is 92.5 Å². The van der Waals surface area contributed by atoms with E-state index in [0.717, 1.165) is 11.3 Å². The molecule has 1 aromatic carbocycles. The molecule has 0 aliphatic heterocycles. The molecule has 0 spiro atoms. The van der Waals surface area contributed by atoms with Gasteiger partial charge in [-0.3, -0.25) is 0 Å². The zero-order chi connectivity index (χ0) is 11.5. The number of aromatic amines is 1. The monoisotopic (exact) mass is 218 g/mol. The van der Waals surface area contributed by atoms with E-state index in [0.29, 0.717) is 11.5 Å². The van der Waals surface area contributed by atoms with Gasteiger partial charge in [0.05, 0.1) is 17.4 Å². The van der Waals surface area contributed by atoms with Gasteiger partial charge in [-0.15, -0.1) is 10.2 Å². The van der Waals surface area contributed by atoms with Crippen molar-refractivity contribution < 1.29 is 0 Å². The van der Waals surface area contributed by atoms with Crippen LogP contribution in [0.3, 0.4) is 0 Å². The molecule has 4 N–H and O–H groups in total. The first-order valence-electron chi connectivity index (χ1n) is 5.03. The van der Waals surface area contributed by atoms with E-state index < -0.39 is 0 Å². The second-order valence-corrected chi connectivity index (χ2v) is 3.73. The SMILES string of the molecule is Cc1ccc(N)c(NC(C)c2nn[nH]n2)c1. The molecule has 0 aliphatic rings. The van der Waals surface area contributed by atoms with Crippen LogP contribution in [0.15, 0.2) is 18.2 Å². The Morgan fingerprint density at radius 2 is 2.25 bits per heavy atom. The summed E-state index contributed by atoms with van der Waals surface area (Å²) in [5, 5.41) is 17.0. The van der Waals surface area contributed by atoms with Gasteiger partial charge in [-0.25, -0.2) is 0 Å². The first-order valence-corrected chi connectivity index (χ1v) is 5.03. The van der Waals surface area contributed by atoms with Crippen molar-refractivity contribution in [2.75, 3.05) is 11.1 Å². The number of rotatable bonds is 3.